The largest absolute Gasteiger partial charge is 0.573 e. The van der Waals surface area contributed by atoms with Gasteiger partial charge in [0.2, 0.25) is 5.91 Å². The summed E-state index contributed by atoms with van der Waals surface area (Å²) >= 11 is 0. The van der Waals surface area contributed by atoms with Crippen molar-refractivity contribution in [1.29, 1.82) is 0 Å². The van der Waals surface area contributed by atoms with Gasteiger partial charge in [-0.3, -0.25) is 4.79 Å². The first-order valence-electron chi connectivity index (χ1n) is 5.96. The van der Waals surface area contributed by atoms with Crippen LogP contribution in [-0.4, -0.2) is 12.3 Å². The summed E-state index contributed by atoms with van der Waals surface area (Å²) in [7, 11) is 0. The monoisotopic (exact) mass is 275 g/mol. The van der Waals surface area contributed by atoms with Crippen molar-refractivity contribution in [2.24, 2.45) is 5.73 Å². The third-order valence-corrected chi connectivity index (χ3v) is 2.67. The summed E-state index contributed by atoms with van der Waals surface area (Å²) in [6, 6.07) is 5.55. The standard InChI is InChI=1S/C13H16F3NO2/c1-2-3-10(8-12(17)18)9-4-6-11(7-5-9)19-13(14,15)16/h4-7,10H,2-3,8H2,1H3,(H2,17,18). The molecule has 0 fully saturated rings. The molecule has 0 aliphatic rings. The van der Waals surface area contributed by atoms with Gasteiger partial charge in [0, 0.05) is 6.42 Å². The zero-order valence-corrected chi connectivity index (χ0v) is 10.5. The quantitative estimate of drug-likeness (QED) is 0.865. The molecule has 1 atom stereocenters. The van der Waals surface area contributed by atoms with E-state index in [4.69, 9.17) is 5.73 Å². The number of hydrogen-bond acceptors (Lipinski definition) is 2. The van der Waals surface area contributed by atoms with Crippen LogP contribution in [0.3, 0.4) is 0 Å². The smallest absolute Gasteiger partial charge is 0.406 e. The van der Waals surface area contributed by atoms with Crippen LogP contribution in [0.5, 0.6) is 5.75 Å². The highest BCUT2D eigenvalue weighted by atomic mass is 19.4. The minimum Gasteiger partial charge on any atom is -0.406 e. The molecular weight excluding hydrogens is 259 g/mol. The van der Waals surface area contributed by atoms with Gasteiger partial charge in [0.25, 0.3) is 0 Å². The molecule has 0 saturated heterocycles. The fourth-order valence-corrected chi connectivity index (χ4v) is 1.92. The van der Waals surface area contributed by atoms with Crippen molar-refractivity contribution < 1.29 is 22.7 Å². The zero-order chi connectivity index (χ0) is 14.5. The first-order valence-corrected chi connectivity index (χ1v) is 5.96. The van der Waals surface area contributed by atoms with E-state index in [0.717, 1.165) is 18.4 Å². The van der Waals surface area contributed by atoms with Gasteiger partial charge in [0.1, 0.15) is 5.75 Å². The van der Waals surface area contributed by atoms with E-state index in [2.05, 4.69) is 4.74 Å². The molecule has 0 saturated carbocycles. The minimum absolute atomic E-state index is 0.0672. The van der Waals surface area contributed by atoms with Crippen molar-refractivity contribution in [3.05, 3.63) is 29.8 Å². The van der Waals surface area contributed by atoms with Crippen LogP contribution in [0.1, 0.15) is 37.7 Å². The van der Waals surface area contributed by atoms with Crippen molar-refractivity contribution in [1.82, 2.24) is 0 Å². The molecule has 1 amide bonds. The summed E-state index contributed by atoms with van der Waals surface area (Å²) in [6.07, 6.45) is -2.90. The van der Waals surface area contributed by atoms with E-state index >= 15 is 0 Å². The van der Waals surface area contributed by atoms with Crippen LogP contribution >= 0.6 is 0 Å². The van der Waals surface area contributed by atoms with Crippen LogP contribution < -0.4 is 10.5 Å². The Labute approximate surface area is 109 Å². The normalized spacial score (nSPS) is 13.1. The maximum atomic E-state index is 12.0. The summed E-state index contributed by atoms with van der Waals surface area (Å²) in [4.78, 5) is 11.0. The zero-order valence-electron chi connectivity index (χ0n) is 10.5. The lowest BCUT2D eigenvalue weighted by Crippen LogP contribution is -2.17. The van der Waals surface area contributed by atoms with Crippen LogP contribution in [0.2, 0.25) is 0 Å². The average Bonchev–Trinajstić information content (AvgIpc) is 2.27. The van der Waals surface area contributed by atoms with Crippen molar-refractivity contribution in [3.63, 3.8) is 0 Å². The second-order valence-corrected chi connectivity index (χ2v) is 4.27. The van der Waals surface area contributed by atoms with Gasteiger partial charge >= 0.3 is 6.36 Å². The molecule has 1 aromatic carbocycles. The summed E-state index contributed by atoms with van der Waals surface area (Å²) in [5, 5.41) is 0. The highest BCUT2D eigenvalue weighted by molar-refractivity contribution is 5.74. The SMILES string of the molecule is CCCC(CC(N)=O)c1ccc(OC(F)(F)F)cc1. The number of amides is 1. The van der Waals surface area contributed by atoms with Crippen LogP contribution in [0.25, 0.3) is 0 Å². The van der Waals surface area contributed by atoms with Crippen LogP contribution in [0, 0.1) is 0 Å². The number of nitrogens with two attached hydrogens (primary N) is 1. The summed E-state index contributed by atoms with van der Waals surface area (Å²) in [6.45, 7) is 1.97. The van der Waals surface area contributed by atoms with Gasteiger partial charge in [-0.25, -0.2) is 0 Å². The van der Waals surface area contributed by atoms with E-state index in [1.54, 1.807) is 0 Å². The molecule has 0 bridgehead atoms. The Morgan fingerprint density at radius 1 is 1.32 bits per heavy atom. The predicted molar refractivity (Wildman–Crippen MR) is 64.6 cm³/mol. The number of halogens is 3. The number of ether oxygens (including phenoxy) is 1. The minimum atomic E-state index is -4.70. The Balaban J connectivity index is 2.79. The molecule has 0 heterocycles. The number of hydrogen-bond donors (Lipinski definition) is 1. The van der Waals surface area contributed by atoms with E-state index in [1.807, 2.05) is 6.92 Å². The number of primary amides is 1. The molecule has 0 spiro atoms. The Morgan fingerprint density at radius 2 is 1.89 bits per heavy atom. The second-order valence-electron chi connectivity index (χ2n) is 4.27. The molecule has 6 heteroatoms. The number of carbonyl (C=O) groups excluding carboxylic acids is 1. The van der Waals surface area contributed by atoms with Gasteiger partial charge in [-0.2, -0.15) is 0 Å². The predicted octanol–water partition coefficient (Wildman–Crippen LogP) is 3.34. The van der Waals surface area contributed by atoms with Gasteiger partial charge in [-0.1, -0.05) is 25.5 Å². The molecule has 0 aromatic heterocycles. The third kappa shape index (κ3) is 5.63. The van der Waals surface area contributed by atoms with Crippen LogP contribution in [0.15, 0.2) is 24.3 Å². The van der Waals surface area contributed by atoms with E-state index in [9.17, 15) is 18.0 Å². The Morgan fingerprint density at radius 3 is 2.32 bits per heavy atom. The van der Waals surface area contributed by atoms with Crippen molar-refractivity contribution in [2.45, 2.75) is 38.5 Å². The van der Waals surface area contributed by atoms with E-state index in [1.165, 1.54) is 24.3 Å². The highest BCUT2D eigenvalue weighted by Gasteiger charge is 2.31. The van der Waals surface area contributed by atoms with Crippen molar-refractivity contribution >= 4 is 5.91 Å². The second kappa shape index (κ2) is 6.45. The summed E-state index contributed by atoms with van der Waals surface area (Å²) < 4.78 is 39.8. The molecule has 0 radical (unpaired) electrons. The molecule has 2 N–H and O–H groups in total. The summed E-state index contributed by atoms with van der Waals surface area (Å²) in [5.74, 6) is -0.762. The first-order chi connectivity index (χ1) is 8.81. The molecule has 3 nitrogen and oxygen atoms in total. The number of alkyl halides is 3. The van der Waals surface area contributed by atoms with E-state index in [-0.39, 0.29) is 18.1 Å². The fraction of sp³-hybridized carbons (Fsp3) is 0.462. The lowest BCUT2D eigenvalue weighted by molar-refractivity contribution is -0.274. The Bertz CT molecular complexity index is 415. The average molecular weight is 275 g/mol. The molecule has 0 aliphatic carbocycles. The van der Waals surface area contributed by atoms with Crippen molar-refractivity contribution in [3.8, 4) is 5.75 Å². The van der Waals surface area contributed by atoms with Gasteiger partial charge in [0.05, 0.1) is 0 Å². The lowest BCUT2D eigenvalue weighted by Gasteiger charge is -2.15. The molecule has 1 rings (SSSR count). The van der Waals surface area contributed by atoms with Gasteiger partial charge in [-0.05, 0) is 30.0 Å². The van der Waals surface area contributed by atoms with E-state index < -0.39 is 12.3 Å². The highest BCUT2D eigenvalue weighted by Crippen LogP contribution is 2.28. The van der Waals surface area contributed by atoms with Crippen LogP contribution in [0.4, 0.5) is 13.2 Å². The van der Waals surface area contributed by atoms with Gasteiger partial charge < -0.3 is 10.5 Å². The van der Waals surface area contributed by atoms with Crippen LogP contribution in [-0.2, 0) is 4.79 Å². The summed E-state index contributed by atoms with van der Waals surface area (Å²) in [5.41, 5.74) is 5.95. The molecular formula is C13H16F3NO2. The van der Waals surface area contributed by atoms with Crippen molar-refractivity contribution in [2.75, 3.05) is 0 Å². The number of benzene rings is 1. The molecule has 0 aliphatic heterocycles. The van der Waals surface area contributed by atoms with Gasteiger partial charge in [0.15, 0.2) is 0 Å². The first kappa shape index (κ1) is 15.3. The topological polar surface area (TPSA) is 52.3 Å². The molecule has 1 aromatic rings. The number of carbonyl (C=O) groups is 1. The Hall–Kier alpha value is -1.72. The lowest BCUT2D eigenvalue weighted by atomic mass is 9.91. The van der Waals surface area contributed by atoms with E-state index in [0.29, 0.717) is 0 Å². The molecule has 1 unspecified atom stereocenters. The molecule has 19 heavy (non-hydrogen) atoms. The maximum absolute atomic E-state index is 12.0. The fourth-order valence-electron chi connectivity index (χ4n) is 1.92. The molecule has 106 valence electrons. The van der Waals surface area contributed by atoms with Gasteiger partial charge in [-0.15, -0.1) is 13.2 Å². The third-order valence-electron chi connectivity index (χ3n) is 2.67. The Kier molecular flexibility index (Phi) is 5.20. The number of rotatable bonds is 6. The maximum Gasteiger partial charge on any atom is 0.573 e.